The van der Waals surface area contributed by atoms with E-state index in [0.29, 0.717) is 28.1 Å². The van der Waals surface area contributed by atoms with Crippen molar-refractivity contribution in [1.29, 1.82) is 0 Å². The summed E-state index contributed by atoms with van der Waals surface area (Å²) >= 11 is 5.25. The normalized spacial score (nSPS) is 24.4. The number of nitrogens with zero attached hydrogens (tertiary/aromatic N) is 1. The molecule has 1 aromatic rings. The molecule has 2 aliphatic rings. The van der Waals surface area contributed by atoms with Crippen molar-refractivity contribution in [3.05, 3.63) is 35.4 Å². The fourth-order valence-corrected chi connectivity index (χ4v) is 3.88. The smallest absolute Gasteiger partial charge is 0.262 e. The second-order valence-electron chi connectivity index (χ2n) is 7.26. The number of benzene rings is 1. The molecule has 1 aromatic carbocycles. The molecule has 144 valence electrons. The lowest BCUT2D eigenvalue weighted by molar-refractivity contribution is -0.122. The number of rotatable bonds is 3. The van der Waals surface area contributed by atoms with Gasteiger partial charge in [-0.2, -0.15) is 0 Å². The van der Waals surface area contributed by atoms with Crippen LogP contribution < -0.4 is 16.2 Å². The Balaban J connectivity index is 1.48. The Morgan fingerprint density at radius 1 is 1.11 bits per heavy atom. The highest BCUT2D eigenvalue weighted by atomic mass is 32.1. The first-order valence-electron chi connectivity index (χ1n) is 9.19. The number of amides is 3. The molecule has 1 heterocycles. The fraction of sp³-hybridized carbons (Fsp3) is 0.474. The molecule has 0 unspecified atom stereocenters. The summed E-state index contributed by atoms with van der Waals surface area (Å²) in [6.45, 7) is 4.07. The molecule has 0 spiro atoms. The minimum atomic E-state index is -0.515. The maximum Gasteiger partial charge on any atom is 0.262 e. The third kappa shape index (κ3) is 4.10. The van der Waals surface area contributed by atoms with E-state index in [1.165, 1.54) is 6.42 Å². The van der Waals surface area contributed by atoms with Crippen molar-refractivity contribution < 1.29 is 14.4 Å². The Morgan fingerprint density at radius 2 is 1.74 bits per heavy atom. The summed E-state index contributed by atoms with van der Waals surface area (Å²) in [6, 6.07) is 6.80. The van der Waals surface area contributed by atoms with Gasteiger partial charge in [-0.3, -0.25) is 30.1 Å². The molecule has 1 aliphatic heterocycles. The molecule has 3 atom stereocenters. The van der Waals surface area contributed by atoms with E-state index in [1.807, 2.05) is 0 Å². The summed E-state index contributed by atoms with van der Waals surface area (Å²) in [4.78, 5) is 37.6. The molecule has 1 fully saturated rings. The van der Waals surface area contributed by atoms with Gasteiger partial charge in [-0.25, -0.2) is 0 Å². The van der Waals surface area contributed by atoms with E-state index >= 15 is 0 Å². The highest BCUT2D eigenvalue weighted by molar-refractivity contribution is 7.80. The third-order valence-electron chi connectivity index (χ3n) is 5.52. The molecule has 7 nitrogen and oxygen atoms in total. The molecule has 1 saturated carbocycles. The van der Waals surface area contributed by atoms with Gasteiger partial charge in [0.2, 0.25) is 0 Å². The molecule has 3 amide bonds. The number of nitrogens with one attached hydrogen (secondary N) is 3. The third-order valence-corrected chi connectivity index (χ3v) is 5.74. The molecule has 0 radical (unpaired) electrons. The van der Waals surface area contributed by atoms with Crippen LogP contribution in [0, 0.1) is 11.8 Å². The topological polar surface area (TPSA) is 90.5 Å². The number of carbonyl (C=O) groups is 3. The highest BCUT2D eigenvalue weighted by Gasteiger charge is 2.36. The number of hydrogen-bond acceptors (Lipinski definition) is 4. The van der Waals surface area contributed by atoms with Crippen molar-refractivity contribution in [1.82, 2.24) is 21.1 Å². The molecule has 0 bridgehead atoms. The first-order valence-corrected chi connectivity index (χ1v) is 9.60. The minimum absolute atomic E-state index is 0.266. The van der Waals surface area contributed by atoms with Crippen molar-refractivity contribution in [2.24, 2.45) is 11.8 Å². The first-order chi connectivity index (χ1) is 12.9. The fourth-order valence-electron chi connectivity index (χ4n) is 3.68. The van der Waals surface area contributed by atoms with Gasteiger partial charge in [0, 0.05) is 6.04 Å². The van der Waals surface area contributed by atoms with E-state index in [4.69, 9.17) is 12.2 Å². The highest BCUT2D eigenvalue weighted by Crippen LogP contribution is 2.29. The van der Waals surface area contributed by atoms with Crippen molar-refractivity contribution >= 4 is 35.1 Å². The van der Waals surface area contributed by atoms with Gasteiger partial charge in [0.05, 0.1) is 11.1 Å². The molecule has 8 heteroatoms. The van der Waals surface area contributed by atoms with Gasteiger partial charge < -0.3 is 5.32 Å². The number of imide groups is 1. The van der Waals surface area contributed by atoms with Crippen LogP contribution in [0.25, 0.3) is 0 Å². The van der Waals surface area contributed by atoms with E-state index in [1.54, 1.807) is 24.3 Å². The van der Waals surface area contributed by atoms with Crippen LogP contribution in [0.2, 0.25) is 0 Å². The van der Waals surface area contributed by atoms with E-state index < -0.39 is 17.7 Å². The van der Waals surface area contributed by atoms with Gasteiger partial charge in [0.1, 0.15) is 6.54 Å². The Bertz CT molecular complexity index is 747. The summed E-state index contributed by atoms with van der Waals surface area (Å²) in [5.74, 6) is -0.318. The van der Waals surface area contributed by atoms with E-state index in [-0.39, 0.29) is 12.6 Å². The lowest BCUT2D eigenvalue weighted by Gasteiger charge is -2.35. The Labute approximate surface area is 163 Å². The Morgan fingerprint density at radius 3 is 2.37 bits per heavy atom. The van der Waals surface area contributed by atoms with Gasteiger partial charge in [-0.15, -0.1) is 0 Å². The molecule has 3 N–H and O–H groups in total. The SMILES string of the molecule is C[C@H]1[C@@H](NC(=S)NNC(=O)CN2C(=O)c3ccccc3C2=O)CCC[C@@H]1C. The van der Waals surface area contributed by atoms with Crippen molar-refractivity contribution in [2.75, 3.05) is 6.54 Å². The number of thiocarbonyl (C=S) groups is 1. The zero-order chi connectivity index (χ0) is 19.6. The maximum atomic E-state index is 12.3. The summed E-state index contributed by atoms with van der Waals surface area (Å²) in [7, 11) is 0. The predicted molar refractivity (Wildman–Crippen MR) is 105 cm³/mol. The predicted octanol–water partition coefficient (Wildman–Crippen LogP) is 1.60. The molecule has 1 aliphatic carbocycles. The number of carbonyl (C=O) groups excluding carboxylic acids is 3. The number of fused-ring (bicyclic) bond motifs is 1. The first kappa shape index (κ1) is 19.3. The molecule has 3 rings (SSSR count). The molecule has 0 aromatic heterocycles. The van der Waals surface area contributed by atoms with Crippen LogP contribution in [-0.4, -0.2) is 40.3 Å². The largest absolute Gasteiger partial charge is 0.358 e. The quantitative estimate of drug-likeness (QED) is 0.414. The Kier molecular flexibility index (Phi) is 5.74. The van der Waals surface area contributed by atoms with E-state index in [2.05, 4.69) is 30.0 Å². The van der Waals surface area contributed by atoms with Gasteiger partial charge in [-0.05, 0) is 42.6 Å². The Hall–Kier alpha value is -2.48. The second-order valence-corrected chi connectivity index (χ2v) is 7.67. The van der Waals surface area contributed by atoms with E-state index in [0.717, 1.165) is 17.7 Å². The van der Waals surface area contributed by atoms with Gasteiger partial charge in [0.15, 0.2) is 5.11 Å². The summed E-state index contributed by atoms with van der Waals surface area (Å²) in [5.41, 5.74) is 5.76. The van der Waals surface area contributed by atoms with Gasteiger partial charge >= 0.3 is 0 Å². The van der Waals surface area contributed by atoms with E-state index in [9.17, 15) is 14.4 Å². The van der Waals surface area contributed by atoms with Crippen LogP contribution in [-0.2, 0) is 4.79 Å². The lowest BCUT2D eigenvalue weighted by atomic mass is 9.78. The van der Waals surface area contributed by atoms with Crippen molar-refractivity contribution in [2.45, 2.75) is 39.2 Å². The summed E-state index contributed by atoms with van der Waals surface area (Å²) in [6.07, 6.45) is 3.41. The van der Waals surface area contributed by atoms with Crippen LogP contribution in [0.15, 0.2) is 24.3 Å². The van der Waals surface area contributed by atoms with Crippen molar-refractivity contribution in [3.63, 3.8) is 0 Å². The van der Waals surface area contributed by atoms with Crippen molar-refractivity contribution in [3.8, 4) is 0 Å². The molecular formula is C19H24N4O3S. The molecule has 27 heavy (non-hydrogen) atoms. The molecular weight excluding hydrogens is 364 g/mol. The average molecular weight is 388 g/mol. The number of hydrogen-bond donors (Lipinski definition) is 3. The lowest BCUT2D eigenvalue weighted by Crippen LogP contribution is -2.54. The van der Waals surface area contributed by atoms with Gasteiger partial charge in [0.25, 0.3) is 17.7 Å². The van der Waals surface area contributed by atoms with Crippen LogP contribution >= 0.6 is 12.2 Å². The molecule has 0 saturated heterocycles. The average Bonchev–Trinajstić information content (AvgIpc) is 2.89. The zero-order valence-corrected chi connectivity index (χ0v) is 16.3. The zero-order valence-electron chi connectivity index (χ0n) is 15.5. The number of hydrazine groups is 1. The second kappa shape index (κ2) is 8.04. The minimum Gasteiger partial charge on any atom is -0.358 e. The summed E-state index contributed by atoms with van der Waals surface area (Å²) in [5, 5.41) is 3.57. The van der Waals surface area contributed by atoms with Crippen LogP contribution in [0.1, 0.15) is 53.8 Å². The van der Waals surface area contributed by atoms with Gasteiger partial charge in [-0.1, -0.05) is 38.8 Å². The summed E-state index contributed by atoms with van der Waals surface area (Å²) < 4.78 is 0. The van der Waals surface area contributed by atoms with Crippen LogP contribution in [0.4, 0.5) is 0 Å². The van der Waals surface area contributed by atoms with Crippen LogP contribution in [0.3, 0.4) is 0 Å². The standard InChI is InChI=1S/C19H24N4O3S/c1-11-6-5-9-15(12(11)2)20-19(27)22-21-16(24)10-23-17(25)13-7-3-4-8-14(13)18(23)26/h3-4,7-8,11-12,15H,5-6,9-10H2,1-2H3,(H,21,24)(H2,20,22,27)/t11-,12+,15-/m0/s1. The monoisotopic (exact) mass is 388 g/mol. The van der Waals surface area contributed by atoms with Crippen LogP contribution in [0.5, 0.6) is 0 Å². The maximum absolute atomic E-state index is 12.3.